The first-order chi connectivity index (χ1) is 10.8. The fraction of sp³-hybridized carbons (Fsp3) is 0.375. The summed E-state index contributed by atoms with van der Waals surface area (Å²) in [6.45, 7) is 1.58. The molecule has 0 saturated heterocycles. The number of H-pyrrole nitrogens is 2. The van der Waals surface area contributed by atoms with Crippen LogP contribution in [0.2, 0.25) is 5.02 Å². The molecular formula is C16H17ClN2O4. The van der Waals surface area contributed by atoms with Crippen molar-refractivity contribution in [2.75, 3.05) is 7.11 Å². The summed E-state index contributed by atoms with van der Waals surface area (Å²) in [5, 5.41) is 16.7. The van der Waals surface area contributed by atoms with Gasteiger partial charge in [-0.1, -0.05) is 23.7 Å². The van der Waals surface area contributed by atoms with Crippen molar-refractivity contribution in [1.82, 2.24) is 10.2 Å². The van der Waals surface area contributed by atoms with Crippen LogP contribution < -0.4 is 5.56 Å². The molecule has 23 heavy (non-hydrogen) atoms. The average Bonchev–Trinajstić information content (AvgIpc) is 2.85. The topological polar surface area (TPSA) is 95.2 Å². The van der Waals surface area contributed by atoms with Gasteiger partial charge in [-0.3, -0.25) is 14.7 Å². The number of aromatic nitrogens is 2. The second-order valence-corrected chi connectivity index (χ2v) is 6.47. The number of aliphatic hydroxyl groups is 1. The van der Waals surface area contributed by atoms with Crippen LogP contribution in [0.5, 0.6) is 0 Å². The zero-order valence-electron chi connectivity index (χ0n) is 12.7. The third-order valence-corrected chi connectivity index (χ3v) is 4.68. The van der Waals surface area contributed by atoms with Crippen molar-refractivity contribution in [3.05, 3.63) is 56.5 Å². The molecule has 3 rings (SSSR count). The number of benzene rings is 1. The molecule has 1 heterocycles. The predicted molar refractivity (Wildman–Crippen MR) is 84.5 cm³/mol. The molecule has 1 aliphatic rings. The quantitative estimate of drug-likeness (QED) is 0.726. The SMILES string of the molecule is COC(=O)[C@H]1[C@H](c2ccc(Cl)cc2)c2c([nH][nH]c2=O)C[C@]1(C)O. The number of hydrogen-bond acceptors (Lipinski definition) is 4. The lowest BCUT2D eigenvalue weighted by Crippen LogP contribution is -2.49. The number of nitrogens with one attached hydrogen (secondary N) is 2. The van der Waals surface area contributed by atoms with Gasteiger partial charge in [0, 0.05) is 28.6 Å². The van der Waals surface area contributed by atoms with E-state index in [0.717, 1.165) is 5.56 Å². The molecule has 0 aliphatic heterocycles. The van der Waals surface area contributed by atoms with E-state index in [-0.39, 0.29) is 12.0 Å². The van der Waals surface area contributed by atoms with E-state index < -0.39 is 23.4 Å². The van der Waals surface area contributed by atoms with Crippen molar-refractivity contribution in [2.24, 2.45) is 5.92 Å². The Labute approximate surface area is 137 Å². The molecule has 0 spiro atoms. The summed E-state index contributed by atoms with van der Waals surface area (Å²) in [6.07, 6.45) is 0.158. The zero-order valence-corrected chi connectivity index (χ0v) is 13.5. The number of carbonyl (C=O) groups is 1. The van der Waals surface area contributed by atoms with Gasteiger partial charge in [0.1, 0.15) is 0 Å². The summed E-state index contributed by atoms with van der Waals surface area (Å²) in [5.41, 5.74) is 0.116. The number of carbonyl (C=O) groups excluding carboxylic acids is 1. The average molecular weight is 337 g/mol. The van der Waals surface area contributed by atoms with Crippen molar-refractivity contribution in [1.29, 1.82) is 0 Å². The molecule has 3 atom stereocenters. The maximum absolute atomic E-state index is 12.3. The Morgan fingerprint density at radius 1 is 1.35 bits per heavy atom. The number of esters is 1. The second-order valence-electron chi connectivity index (χ2n) is 6.04. The lowest BCUT2D eigenvalue weighted by atomic mass is 9.66. The minimum atomic E-state index is -1.35. The van der Waals surface area contributed by atoms with E-state index in [4.69, 9.17) is 16.3 Å². The molecule has 122 valence electrons. The van der Waals surface area contributed by atoms with E-state index in [0.29, 0.717) is 16.3 Å². The number of ether oxygens (including phenoxy) is 1. The van der Waals surface area contributed by atoms with Crippen molar-refractivity contribution >= 4 is 17.6 Å². The Bertz CT molecular complexity index is 791. The van der Waals surface area contributed by atoms with Gasteiger partial charge in [0.25, 0.3) is 5.56 Å². The first-order valence-electron chi connectivity index (χ1n) is 7.20. The van der Waals surface area contributed by atoms with Gasteiger partial charge >= 0.3 is 5.97 Å². The molecule has 2 aromatic rings. The first kappa shape index (κ1) is 15.8. The number of hydrogen-bond donors (Lipinski definition) is 3. The van der Waals surface area contributed by atoms with Crippen LogP contribution >= 0.6 is 11.6 Å². The Hall–Kier alpha value is -2.05. The zero-order chi connectivity index (χ0) is 16.8. The highest BCUT2D eigenvalue weighted by Gasteiger charge is 2.51. The van der Waals surface area contributed by atoms with Crippen LogP contribution in [-0.2, 0) is 16.0 Å². The van der Waals surface area contributed by atoms with Gasteiger partial charge < -0.3 is 14.9 Å². The summed E-state index contributed by atoms with van der Waals surface area (Å²) >= 11 is 5.93. The number of rotatable bonds is 2. The summed E-state index contributed by atoms with van der Waals surface area (Å²) < 4.78 is 4.88. The molecule has 1 aromatic heterocycles. The van der Waals surface area contributed by atoms with Crippen LogP contribution in [0.1, 0.15) is 29.7 Å². The molecule has 0 saturated carbocycles. The Kier molecular flexibility index (Phi) is 3.82. The van der Waals surface area contributed by atoms with Gasteiger partial charge in [-0.25, -0.2) is 0 Å². The smallest absolute Gasteiger partial charge is 0.312 e. The fourth-order valence-corrected chi connectivity index (χ4v) is 3.54. The number of aromatic amines is 2. The maximum Gasteiger partial charge on any atom is 0.312 e. The van der Waals surface area contributed by atoms with E-state index in [1.165, 1.54) is 7.11 Å². The van der Waals surface area contributed by atoms with Crippen LogP contribution in [0.15, 0.2) is 29.1 Å². The van der Waals surface area contributed by atoms with Crippen LogP contribution in [0, 0.1) is 5.92 Å². The summed E-state index contributed by atoms with van der Waals surface area (Å²) in [7, 11) is 1.27. The van der Waals surface area contributed by atoms with Crippen LogP contribution in [0.3, 0.4) is 0 Å². The van der Waals surface area contributed by atoms with E-state index in [9.17, 15) is 14.7 Å². The van der Waals surface area contributed by atoms with E-state index in [1.54, 1.807) is 31.2 Å². The number of halogens is 1. The number of fused-ring (bicyclic) bond motifs is 1. The van der Waals surface area contributed by atoms with Gasteiger partial charge in [0.15, 0.2) is 0 Å². The van der Waals surface area contributed by atoms with Gasteiger partial charge in [0.05, 0.1) is 18.6 Å². The van der Waals surface area contributed by atoms with Crippen LogP contribution in [0.25, 0.3) is 0 Å². The summed E-state index contributed by atoms with van der Waals surface area (Å²) in [6, 6.07) is 6.88. The molecule has 0 radical (unpaired) electrons. The van der Waals surface area contributed by atoms with E-state index in [2.05, 4.69) is 10.2 Å². The fourth-order valence-electron chi connectivity index (χ4n) is 3.41. The van der Waals surface area contributed by atoms with Gasteiger partial charge in [0.2, 0.25) is 0 Å². The molecule has 3 N–H and O–H groups in total. The molecule has 0 unspecified atom stereocenters. The lowest BCUT2D eigenvalue weighted by molar-refractivity contribution is -0.156. The maximum atomic E-state index is 12.3. The van der Waals surface area contributed by atoms with Crippen molar-refractivity contribution in [3.63, 3.8) is 0 Å². The Balaban J connectivity index is 2.24. The van der Waals surface area contributed by atoms with Crippen molar-refractivity contribution < 1.29 is 14.6 Å². The van der Waals surface area contributed by atoms with Gasteiger partial charge in [-0.15, -0.1) is 0 Å². The molecule has 0 fully saturated rings. The molecule has 0 bridgehead atoms. The van der Waals surface area contributed by atoms with Crippen LogP contribution in [-0.4, -0.2) is 34.0 Å². The highest BCUT2D eigenvalue weighted by molar-refractivity contribution is 6.30. The highest BCUT2D eigenvalue weighted by atomic mass is 35.5. The third kappa shape index (κ3) is 2.58. The van der Waals surface area contributed by atoms with Crippen LogP contribution in [0.4, 0.5) is 0 Å². The lowest BCUT2D eigenvalue weighted by Gasteiger charge is -2.40. The minimum absolute atomic E-state index is 0.158. The standard InChI is InChI=1S/C16H17ClN2O4/c1-16(22)7-10-12(14(20)19-18-10)11(13(16)15(21)23-2)8-3-5-9(17)6-4-8/h3-6,11,13,22H,7H2,1-2H3,(H2,18,19,20)/t11-,13-,16+/m1/s1. The Morgan fingerprint density at radius 3 is 2.61 bits per heavy atom. The molecule has 1 aliphatic carbocycles. The first-order valence-corrected chi connectivity index (χ1v) is 7.58. The highest BCUT2D eigenvalue weighted by Crippen LogP contribution is 2.44. The molecule has 0 amide bonds. The number of methoxy groups -OCH3 is 1. The second kappa shape index (κ2) is 5.54. The molecule has 7 heteroatoms. The van der Waals surface area contributed by atoms with E-state index in [1.807, 2.05) is 0 Å². The Morgan fingerprint density at radius 2 is 2.00 bits per heavy atom. The van der Waals surface area contributed by atoms with Gasteiger partial charge in [-0.2, -0.15) is 0 Å². The summed E-state index contributed by atoms with van der Waals surface area (Å²) in [5.74, 6) is -2.06. The largest absolute Gasteiger partial charge is 0.469 e. The van der Waals surface area contributed by atoms with E-state index >= 15 is 0 Å². The molecular weight excluding hydrogens is 320 g/mol. The third-order valence-electron chi connectivity index (χ3n) is 4.43. The predicted octanol–water partition coefficient (Wildman–Crippen LogP) is 1.58. The van der Waals surface area contributed by atoms with Crippen molar-refractivity contribution in [3.8, 4) is 0 Å². The van der Waals surface area contributed by atoms with Gasteiger partial charge in [-0.05, 0) is 24.6 Å². The molecule has 6 nitrogen and oxygen atoms in total. The minimum Gasteiger partial charge on any atom is -0.469 e. The normalized spacial score (nSPS) is 26.6. The monoisotopic (exact) mass is 336 g/mol. The summed E-state index contributed by atoms with van der Waals surface area (Å²) in [4.78, 5) is 24.6. The molecule has 1 aromatic carbocycles. The van der Waals surface area contributed by atoms with Crippen molar-refractivity contribution in [2.45, 2.75) is 24.9 Å².